The Morgan fingerprint density at radius 2 is 1.19 bits per heavy atom. The third-order valence-corrected chi connectivity index (χ3v) is 13.8. The van der Waals surface area contributed by atoms with Crippen LogP contribution in [-0.2, 0) is 5.41 Å². The summed E-state index contributed by atoms with van der Waals surface area (Å²) in [6, 6.07) is 57.0. The van der Waals surface area contributed by atoms with Gasteiger partial charge in [0, 0.05) is 31.3 Å². The van der Waals surface area contributed by atoms with Crippen molar-refractivity contribution in [3.05, 3.63) is 216 Å². The summed E-state index contributed by atoms with van der Waals surface area (Å²) in [6.45, 7) is 0. The molecule has 4 heteroatoms. The van der Waals surface area contributed by atoms with E-state index in [9.17, 15) is 0 Å². The number of benzene rings is 7. The minimum Gasteiger partial charge on any atom is -0.212 e. The first-order chi connectivity index (χ1) is 29.2. The van der Waals surface area contributed by atoms with E-state index in [1.807, 2.05) is 11.3 Å². The molecule has 2 unspecified atom stereocenters. The molecule has 0 N–H and O–H groups in total. The zero-order valence-electron chi connectivity index (χ0n) is 32.2. The quantitative estimate of drug-likeness (QED) is 0.169. The molecule has 0 aliphatic heterocycles. The number of fused-ring (bicyclic) bond motifs is 6. The van der Waals surface area contributed by atoms with E-state index in [2.05, 4.69) is 194 Å². The van der Waals surface area contributed by atoms with E-state index in [1.165, 1.54) is 64.3 Å². The molecule has 1 saturated carbocycles. The highest BCUT2D eigenvalue weighted by Crippen LogP contribution is 2.57. The summed E-state index contributed by atoms with van der Waals surface area (Å²) in [5.74, 6) is 2.66. The first kappa shape index (κ1) is 34.1. The predicted octanol–water partition coefficient (Wildman–Crippen LogP) is 14.2. The summed E-state index contributed by atoms with van der Waals surface area (Å²) in [6.07, 6.45) is 15.2. The molecule has 1 fully saturated rings. The number of aromatic nitrogens is 3. The molecule has 3 nitrogen and oxygen atoms in total. The topological polar surface area (TPSA) is 38.7 Å². The van der Waals surface area contributed by atoms with Crippen LogP contribution in [-0.4, -0.2) is 15.0 Å². The van der Waals surface area contributed by atoms with Crippen LogP contribution in [0, 0.1) is 5.92 Å². The Bertz CT molecular complexity index is 3290. The minimum absolute atomic E-state index is 0.240. The van der Waals surface area contributed by atoms with Crippen LogP contribution in [0.3, 0.4) is 0 Å². The fraction of sp³-hybridized carbons (Fsp3) is 0.0727. The molecule has 0 radical (unpaired) electrons. The maximum Gasteiger partial charge on any atom is 0.165 e. The average Bonchev–Trinajstić information content (AvgIpc) is 3.99. The second-order valence-corrected chi connectivity index (χ2v) is 16.9. The lowest BCUT2D eigenvalue weighted by molar-refractivity contribution is 0.724. The van der Waals surface area contributed by atoms with E-state index in [0.717, 1.165) is 52.6 Å². The Morgan fingerprint density at radius 3 is 2.05 bits per heavy atom. The Morgan fingerprint density at radius 1 is 0.508 bits per heavy atom. The van der Waals surface area contributed by atoms with Crippen LogP contribution in [0.15, 0.2) is 188 Å². The van der Waals surface area contributed by atoms with Crippen molar-refractivity contribution in [2.24, 2.45) is 5.92 Å². The van der Waals surface area contributed by atoms with Crippen molar-refractivity contribution in [3.63, 3.8) is 0 Å². The van der Waals surface area contributed by atoms with Gasteiger partial charge in [0.25, 0.3) is 0 Å². The van der Waals surface area contributed by atoms with Gasteiger partial charge in [0.15, 0.2) is 11.6 Å². The van der Waals surface area contributed by atoms with Gasteiger partial charge in [-0.2, -0.15) is 0 Å². The zero-order chi connectivity index (χ0) is 38.9. The molecule has 2 atom stereocenters. The summed E-state index contributed by atoms with van der Waals surface area (Å²) >= 11 is 1.82. The second-order valence-electron chi connectivity index (χ2n) is 15.8. The van der Waals surface area contributed by atoms with Crippen molar-refractivity contribution >= 4 is 59.5 Å². The third kappa shape index (κ3) is 5.51. The Hall–Kier alpha value is -7.01. The molecule has 2 heterocycles. The van der Waals surface area contributed by atoms with Gasteiger partial charge >= 0.3 is 0 Å². The number of thiophene rings is 1. The lowest BCUT2D eigenvalue weighted by atomic mass is 9.85. The highest BCUT2D eigenvalue weighted by atomic mass is 32.1. The van der Waals surface area contributed by atoms with E-state index in [4.69, 9.17) is 15.0 Å². The number of hydrogen-bond donors (Lipinski definition) is 0. The van der Waals surface area contributed by atoms with Crippen LogP contribution in [0.5, 0.6) is 0 Å². The first-order valence-electron chi connectivity index (χ1n) is 20.4. The maximum absolute atomic E-state index is 5.57. The van der Waals surface area contributed by atoms with Gasteiger partial charge in [-0.1, -0.05) is 182 Å². The molecule has 278 valence electrons. The Kier molecular flexibility index (Phi) is 7.82. The summed E-state index contributed by atoms with van der Waals surface area (Å²) < 4.78 is 2.47. The van der Waals surface area contributed by atoms with Crippen LogP contribution in [0.2, 0.25) is 0 Å². The number of nitrogens with zero attached hydrogens (tertiary/aromatic N) is 3. The van der Waals surface area contributed by atoms with E-state index < -0.39 is 0 Å². The minimum atomic E-state index is -0.240. The van der Waals surface area contributed by atoms with E-state index >= 15 is 0 Å². The van der Waals surface area contributed by atoms with E-state index in [-0.39, 0.29) is 5.41 Å². The van der Waals surface area contributed by atoms with Gasteiger partial charge < -0.3 is 0 Å². The van der Waals surface area contributed by atoms with Crippen LogP contribution < -0.4 is 0 Å². The van der Waals surface area contributed by atoms with Gasteiger partial charge in [-0.05, 0) is 86.2 Å². The molecule has 59 heavy (non-hydrogen) atoms. The summed E-state index contributed by atoms with van der Waals surface area (Å²) in [5.41, 5.74) is 11.4. The second kappa shape index (κ2) is 13.5. The van der Waals surface area contributed by atoms with Crippen LogP contribution in [0.4, 0.5) is 0 Å². The molecule has 3 aliphatic rings. The summed E-state index contributed by atoms with van der Waals surface area (Å²) in [4.78, 5) is 16.6. The third-order valence-electron chi connectivity index (χ3n) is 12.5. The van der Waals surface area contributed by atoms with E-state index in [0.29, 0.717) is 5.92 Å². The highest BCUT2D eigenvalue weighted by molar-refractivity contribution is 7.26. The molecule has 0 bridgehead atoms. The fourth-order valence-electron chi connectivity index (χ4n) is 9.56. The fourth-order valence-corrected chi connectivity index (χ4v) is 10.8. The van der Waals surface area contributed by atoms with Gasteiger partial charge in [-0.3, -0.25) is 0 Å². The van der Waals surface area contributed by atoms with Crippen LogP contribution >= 0.6 is 11.3 Å². The highest BCUT2D eigenvalue weighted by Gasteiger charge is 2.55. The Labute approximate surface area is 347 Å². The van der Waals surface area contributed by atoms with Gasteiger partial charge in [-0.25, -0.2) is 15.0 Å². The molecule has 2 aromatic heterocycles. The molecule has 0 spiro atoms. The molecule has 3 aliphatic carbocycles. The Balaban J connectivity index is 1.13. The molecular weight excluding hydrogens is 735 g/mol. The van der Waals surface area contributed by atoms with Gasteiger partial charge in [0.2, 0.25) is 0 Å². The molecule has 12 rings (SSSR count). The normalized spacial score (nSPS) is 18.0. The van der Waals surface area contributed by atoms with Crippen molar-refractivity contribution < 1.29 is 0 Å². The van der Waals surface area contributed by atoms with Crippen molar-refractivity contribution in [1.29, 1.82) is 0 Å². The largest absolute Gasteiger partial charge is 0.212 e. The first-order valence-corrected chi connectivity index (χ1v) is 21.2. The zero-order valence-corrected chi connectivity index (χ0v) is 33.0. The number of hydrogen-bond acceptors (Lipinski definition) is 4. The summed E-state index contributed by atoms with van der Waals surface area (Å²) in [7, 11) is 0. The van der Waals surface area contributed by atoms with Crippen molar-refractivity contribution in [3.8, 4) is 33.6 Å². The van der Waals surface area contributed by atoms with Crippen molar-refractivity contribution in [1.82, 2.24) is 15.0 Å². The lowest BCUT2D eigenvalue weighted by Crippen LogP contribution is -2.16. The van der Waals surface area contributed by atoms with Gasteiger partial charge in [-0.15, -0.1) is 11.3 Å². The van der Waals surface area contributed by atoms with Crippen LogP contribution in [0.1, 0.15) is 41.2 Å². The predicted molar refractivity (Wildman–Crippen MR) is 247 cm³/mol. The lowest BCUT2D eigenvalue weighted by Gasteiger charge is -2.21. The van der Waals surface area contributed by atoms with Crippen LogP contribution in [0.25, 0.3) is 81.8 Å². The average molecular weight is 772 g/mol. The van der Waals surface area contributed by atoms with Gasteiger partial charge in [0.05, 0.1) is 5.41 Å². The number of rotatable bonds is 6. The maximum atomic E-state index is 5.57. The van der Waals surface area contributed by atoms with Gasteiger partial charge in [0.1, 0.15) is 5.82 Å². The number of allylic oxidation sites excluding steroid dienone is 6. The molecule has 0 saturated heterocycles. The molecular formula is C55H37N3S. The molecule has 9 aromatic rings. The summed E-state index contributed by atoms with van der Waals surface area (Å²) in [5, 5.41) is 4.96. The molecule has 0 amide bonds. The van der Waals surface area contributed by atoms with Crippen molar-refractivity contribution in [2.75, 3.05) is 0 Å². The molecule has 7 aromatic carbocycles. The van der Waals surface area contributed by atoms with E-state index in [1.54, 1.807) is 0 Å². The standard InChI is InChI=1S/C55H37N3S/c1-2-16-35(17-3-1)38-31-32-44(41-23-7-6-22-40(38)41)42-24-8-9-25-43(42)46-27-14-19-36-18-4-5-21-39(36)50(46)53-56-52(57-54(58-53)55-33-13-12-20-37(55)34-55)48-29-15-28-47-45-26-10-11-30-49(45)59-51(47)48/h1-26,28-33,37H,27,34H2. The monoisotopic (exact) mass is 771 g/mol. The van der Waals surface area contributed by atoms with Crippen molar-refractivity contribution in [2.45, 2.75) is 18.3 Å². The SMILES string of the molecule is C1=CC2CC2(c2nc(C3=C(c4ccccc4-c4ccc(-c5ccccc5)c5ccccc45)CC=Cc4ccccc43)nc(-c3cccc4c3sc3ccccc34)n2)C=C1. The smallest absolute Gasteiger partial charge is 0.165 e.